The number of nitrogens with one attached hydrogen (secondary N) is 1. The first-order valence-electron chi connectivity index (χ1n) is 12.3. The lowest BCUT2D eigenvalue weighted by molar-refractivity contribution is -0.157. The summed E-state index contributed by atoms with van der Waals surface area (Å²) in [6, 6.07) is 12.9. The van der Waals surface area contributed by atoms with E-state index in [1.807, 2.05) is 47.8 Å². The van der Waals surface area contributed by atoms with Gasteiger partial charge in [0.15, 0.2) is 0 Å². The lowest BCUT2D eigenvalue weighted by Crippen LogP contribution is -2.60. The van der Waals surface area contributed by atoms with Crippen LogP contribution >= 0.6 is 11.3 Å². The van der Waals surface area contributed by atoms with Crippen LogP contribution in [0.1, 0.15) is 23.3 Å². The van der Waals surface area contributed by atoms with Crippen molar-refractivity contribution in [1.29, 1.82) is 0 Å². The highest BCUT2D eigenvalue weighted by Gasteiger charge is 2.40. The molecule has 0 radical (unpaired) electrons. The number of amides is 3. The van der Waals surface area contributed by atoms with Gasteiger partial charge in [-0.05, 0) is 36.4 Å². The third-order valence-electron chi connectivity index (χ3n) is 6.47. The van der Waals surface area contributed by atoms with Gasteiger partial charge in [-0.3, -0.25) is 19.3 Å². The molecule has 1 N–H and O–H groups in total. The van der Waals surface area contributed by atoms with Gasteiger partial charge >= 0.3 is 0 Å². The highest BCUT2D eigenvalue weighted by Crippen LogP contribution is 2.20. The predicted octanol–water partition coefficient (Wildman–Crippen LogP) is 1.76. The maximum atomic E-state index is 13.5. The summed E-state index contributed by atoms with van der Waals surface area (Å²) in [6.45, 7) is 5.63. The van der Waals surface area contributed by atoms with E-state index in [2.05, 4.69) is 10.2 Å². The number of thiophene rings is 1. The van der Waals surface area contributed by atoms with Gasteiger partial charge in [0.1, 0.15) is 12.6 Å². The number of morpholine rings is 1. The van der Waals surface area contributed by atoms with Crippen LogP contribution in [0.15, 0.2) is 47.8 Å². The summed E-state index contributed by atoms with van der Waals surface area (Å²) in [5.41, 5.74) is 0.965. The molecule has 1 aromatic heterocycles. The van der Waals surface area contributed by atoms with Gasteiger partial charge in [-0.25, -0.2) is 0 Å². The third kappa shape index (κ3) is 7.37. The van der Waals surface area contributed by atoms with Crippen LogP contribution < -0.4 is 5.32 Å². The number of carbonyl (C=O) groups excluding carboxylic acids is 3. The summed E-state index contributed by atoms with van der Waals surface area (Å²) in [5.74, 6) is -0.467. The van der Waals surface area contributed by atoms with E-state index in [0.29, 0.717) is 26.1 Å². The van der Waals surface area contributed by atoms with Crippen LogP contribution in [0.25, 0.3) is 0 Å². The maximum absolute atomic E-state index is 13.5. The summed E-state index contributed by atoms with van der Waals surface area (Å²) in [4.78, 5) is 46.0. The van der Waals surface area contributed by atoms with E-state index < -0.39 is 6.04 Å². The summed E-state index contributed by atoms with van der Waals surface area (Å²) < 4.78 is 5.37. The van der Waals surface area contributed by atoms with Crippen molar-refractivity contribution in [2.24, 2.45) is 0 Å². The summed E-state index contributed by atoms with van der Waals surface area (Å²) in [7, 11) is 0. The molecule has 188 valence electrons. The summed E-state index contributed by atoms with van der Waals surface area (Å²) >= 11 is 1.63. The van der Waals surface area contributed by atoms with Gasteiger partial charge in [0.05, 0.1) is 19.6 Å². The minimum Gasteiger partial charge on any atom is -0.379 e. The van der Waals surface area contributed by atoms with Crippen LogP contribution in [-0.4, -0.2) is 90.9 Å². The van der Waals surface area contributed by atoms with Crippen molar-refractivity contribution in [3.8, 4) is 0 Å². The number of hydrogen-bond acceptors (Lipinski definition) is 6. The monoisotopic (exact) mass is 498 g/mol. The molecule has 9 heteroatoms. The largest absolute Gasteiger partial charge is 0.379 e. The van der Waals surface area contributed by atoms with Crippen molar-refractivity contribution in [2.75, 3.05) is 52.5 Å². The molecule has 8 nitrogen and oxygen atoms in total. The molecule has 2 fully saturated rings. The maximum Gasteiger partial charge on any atom is 0.246 e. The van der Waals surface area contributed by atoms with Crippen molar-refractivity contribution in [3.05, 3.63) is 58.3 Å². The van der Waals surface area contributed by atoms with E-state index >= 15 is 0 Å². The Hall–Kier alpha value is -2.75. The molecule has 2 saturated heterocycles. The minimum absolute atomic E-state index is 0.0160. The Morgan fingerprint density at radius 1 is 1.06 bits per heavy atom. The number of hydrogen-bond donors (Lipinski definition) is 1. The highest BCUT2D eigenvalue weighted by atomic mass is 32.1. The average Bonchev–Trinajstić information content (AvgIpc) is 3.39. The first-order valence-corrected chi connectivity index (χ1v) is 13.2. The normalized spacial score (nSPS) is 19.3. The Morgan fingerprint density at radius 3 is 2.60 bits per heavy atom. The second-order valence-electron chi connectivity index (χ2n) is 8.97. The molecular weight excluding hydrogens is 464 g/mol. The lowest BCUT2D eigenvalue weighted by atomic mass is 10.0. The molecule has 4 rings (SSSR count). The van der Waals surface area contributed by atoms with Gasteiger partial charge < -0.3 is 19.9 Å². The fourth-order valence-corrected chi connectivity index (χ4v) is 5.25. The molecule has 35 heavy (non-hydrogen) atoms. The number of rotatable bonds is 11. The quantitative estimate of drug-likeness (QED) is 0.478. The lowest BCUT2D eigenvalue weighted by Gasteiger charge is -2.40. The second kappa shape index (κ2) is 12.8. The molecule has 0 spiro atoms. The van der Waals surface area contributed by atoms with E-state index in [4.69, 9.17) is 4.74 Å². The van der Waals surface area contributed by atoms with Crippen LogP contribution in [0.2, 0.25) is 0 Å². The first kappa shape index (κ1) is 25.3. The van der Waals surface area contributed by atoms with Gasteiger partial charge in [-0.2, -0.15) is 0 Å². The van der Waals surface area contributed by atoms with Crippen molar-refractivity contribution in [2.45, 2.75) is 31.8 Å². The zero-order chi connectivity index (χ0) is 24.5. The fourth-order valence-electron chi connectivity index (χ4n) is 4.55. The van der Waals surface area contributed by atoms with Crippen LogP contribution in [0.3, 0.4) is 0 Å². The minimum atomic E-state index is -0.779. The standard InChI is InChI=1S/C26H34N4O4S/c31-24(27-10-5-11-28-13-15-34-16-14-28)18-23-26(33)29(19-21-6-2-1-3-7-21)20-25(32)30(23)12-9-22-8-4-17-35-22/h1-4,6-8,17,23H,5,9-16,18-20H2,(H,27,31). The van der Waals surface area contributed by atoms with Gasteiger partial charge in [-0.15, -0.1) is 11.3 Å². The van der Waals surface area contributed by atoms with Crippen molar-refractivity contribution in [3.63, 3.8) is 0 Å². The second-order valence-corrected chi connectivity index (χ2v) is 10.0. The Balaban J connectivity index is 1.36. The Kier molecular flexibility index (Phi) is 9.28. The summed E-state index contributed by atoms with van der Waals surface area (Å²) in [5, 5.41) is 4.96. The number of nitrogens with zero attached hydrogens (tertiary/aromatic N) is 3. The smallest absolute Gasteiger partial charge is 0.246 e. The molecule has 1 aromatic carbocycles. The highest BCUT2D eigenvalue weighted by molar-refractivity contribution is 7.09. The van der Waals surface area contributed by atoms with Crippen molar-refractivity contribution < 1.29 is 19.1 Å². The number of benzene rings is 1. The molecule has 3 amide bonds. The molecule has 0 bridgehead atoms. The van der Waals surface area contributed by atoms with E-state index in [1.165, 1.54) is 0 Å². The Labute approximate surface area is 210 Å². The molecular formula is C26H34N4O4S. The van der Waals surface area contributed by atoms with Gasteiger partial charge in [0.2, 0.25) is 17.7 Å². The van der Waals surface area contributed by atoms with E-state index in [1.54, 1.807) is 21.1 Å². The number of ether oxygens (including phenoxy) is 1. The first-order chi connectivity index (χ1) is 17.1. The van der Waals surface area contributed by atoms with Crippen LogP contribution in [-0.2, 0) is 32.1 Å². The van der Waals surface area contributed by atoms with Gasteiger partial charge in [0, 0.05) is 37.6 Å². The Bertz CT molecular complexity index is 963. The summed E-state index contributed by atoms with van der Waals surface area (Å²) in [6.07, 6.45) is 1.50. The average molecular weight is 499 g/mol. The Morgan fingerprint density at radius 2 is 1.86 bits per heavy atom. The molecule has 2 aliphatic heterocycles. The van der Waals surface area contributed by atoms with Crippen LogP contribution in [0.4, 0.5) is 0 Å². The SMILES string of the molecule is O=C(CC1C(=O)N(Cc2ccccc2)CC(=O)N1CCc1cccs1)NCCCN1CCOCC1. The van der Waals surface area contributed by atoms with Crippen LogP contribution in [0.5, 0.6) is 0 Å². The van der Waals surface area contributed by atoms with E-state index in [9.17, 15) is 14.4 Å². The number of piperazine rings is 1. The van der Waals surface area contributed by atoms with Crippen molar-refractivity contribution >= 4 is 29.1 Å². The van der Waals surface area contributed by atoms with E-state index in [0.717, 1.165) is 49.7 Å². The van der Waals surface area contributed by atoms with Gasteiger partial charge in [0.25, 0.3) is 0 Å². The molecule has 1 unspecified atom stereocenters. The molecule has 0 saturated carbocycles. The molecule has 1 atom stereocenters. The number of carbonyl (C=O) groups is 3. The molecule has 0 aliphatic carbocycles. The van der Waals surface area contributed by atoms with Crippen LogP contribution in [0, 0.1) is 0 Å². The van der Waals surface area contributed by atoms with E-state index in [-0.39, 0.29) is 30.7 Å². The predicted molar refractivity (Wildman–Crippen MR) is 135 cm³/mol. The van der Waals surface area contributed by atoms with Gasteiger partial charge in [-0.1, -0.05) is 36.4 Å². The molecule has 2 aliphatic rings. The van der Waals surface area contributed by atoms with Crippen molar-refractivity contribution in [1.82, 2.24) is 20.0 Å². The molecule has 2 aromatic rings. The molecule has 3 heterocycles. The zero-order valence-corrected chi connectivity index (χ0v) is 20.9. The zero-order valence-electron chi connectivity index (χ0n) is 20.1. The fraction of sp³-hybridized carbons (Fsp3) is 0.500. The third-order valence-corrected chi connectivity index (χ3v) is 7.41. The topological polar surface area (TPSA) is 82.2 Å².